The number of para-hydroxylation sites is 1. The predicted octanol–water partition coefficient (Wildman–Crippen LogP) is 2.04. The third kappa shape index (κ3) is 2.36. The zero-order valence-electron chi connectivity index (χ0n) is 8.83. The molecular formula is C11H16ClN3. The molecule has 1 aromatic carbocycles. The molecule has 0 amide bonds. The van der Waals surface area contributed by atoms with Gasteiger partial charge in [-0.1, -0.05) is 17.7 Å². The van der Waals surface area contributed by atoms with E-state index in [1.54, 1.807) is 0 Å². The molecule has 1 heterocycles. The molecule has 0 radical (unpaired) electrons. The maximum absolute atomic E-state index is 5.95. The zero-order valence-corrected chi connectivity index (χ0v) is 9.59. The van der Waals surface area contributed by atoms with Gasteiger partial charge in [0.15, 0.2) is 0 Å². The Labute approximate surface area is 95.2 Å². The highest BCUT2D eigenvalue weighted by Gasteiger charge is 2.19. The van der Waals surface area contributed by atoms with Gasteiger partial charge in [0.1, 0.15) is 0 Å². The fourth-order valence-electron chi connectivity index (χ4n) is 1.94. The number of hydrogen-bond donors (Lipinski definition) is 2. The van der Waals surface area contributed by atoms with Gasteiger partial charge in [-0.3, -0.25) is 0 Å². The van der Waals surface area contributed by atoms with Crippen molar-refractivity contribution in [2.24, 2.45) is 0 Å². The van der Waals surface area contributed by atoms with Gasteiger partial charge in [-0.2, -0.15) is 0 Å². The topological polar surface area (TPSA) is 41.3 Å². The molecule has 0 aromatic heterocycles. The van der Waals surface area contributed by atoms with Gasteiger partial charge in [0.25, 0.3) is 0 Å². The first kappa shape index (κ1) is 10.6. The smallest absolute Gasteiger partial charge is 0.0739 e. The van der Waals surface area contributed by atoms with Crippen LogP contribution in [0.25, 0.3) is 0 Å². The van der Waals surface area contributed by atoms with Crippen LogP contribution in [0.1, 0.15) is 6.42 Å². The van der Waals surface area contributed by atoms with Crippen molar-refractivity contribution in [1.82, 2.24) is 4.90 Å². The largest absolute Gasteiger partial charge is 0.396 e. The molecule has 1 atom stereocenters. The average molecular weight is 226 g/mol. The number of nitrogens with zero attached hydrogens (tertiary/aromatic N) is 1. The second-order valence-corrected chi connectivity index (χ2v) is 4.50. The van der Waals surface area contributed by atoms with Gasteiger partial charge in [-0.25, -0.2) is 0 Å². The first-order valence-corrected chi connectivity index (χ1v) is 5.53. The van der Waals surface area contributed by atoms with Gasteiger partial charge in [-0.15, -0.1) is 0 Å². The molecule has 0 aliphatic carbocycles. The minimum atomic E-state index is 0.482. The third-order valence-corrected chi connectivity index (χ3v) is 3.13. The number of nitrogens with two attached hydrogens (primary N) is 1. The number of benzene rings is 1. The molecule has 1 fully saturated rings. The first-order valence-electron chi connectivity index (χ1n) is 5.16. The molecule has 1 unspecified atom stereocenters. The van der Waals surface area contributed by atoms with Crippen molar-refractivity contribution in [2.45, 2.75) is 12.5 Å². The quantitative estimate of drug-likeness (QED) is 0.757. The van der Waals surface area contributed by atoms with Crippen LogP contribution in [-0.2, 0) is 0 Å². The Balaban J connectivity index is 2.07. The molecule has 1 saturated heterocycles. The molecule has 3 N–H and O–H groups in total. The van der Waals surface area contributed by atoms with E-state index in [1.165, 1.54) is 0 Å². The Morgan fingerprint density at radius 1 is 1.53 bits per heavy atom. The van der Waals surface area contributed by atoms with E-state index in [4.69, 9.17) is 17.3 Å². The molecule has 0 bridgehead atoms. The zero-order chi connectivity index (χ0) is 10.8. The lowest BCUT2D eigenvalue weighted by Crippen LogP contribution is -2.23. The molecule has 1 aliphatic heterocycles. The Kier molecular flexibility index (Phi) is 3.03. The molecule has 1 aliphatic rings. The number of likely N-dealkylation sites (N-methyl/N-ethyl adjacent to an activating group) is 1. The van der Waals surface area contributed by atoms with Crippen molar-refractivity contribution in [2.75, 3.05) is 31.2 Å². The second kappa shape index (κ2) is 4.29. The van der Waals surface area contributed by atoms with Gasteiger partial charge in [-0.05, 0) is 32.1 Å². The molecule has 2 rings (SSSR count). The summed E-state index contributed by atoms with van der Waals surface area (Å²) in [6, 6.07) is 6.18. The van der Waals surface area contributed by atoms with Crippen LogP contribution in [0.4, 0.5) is 11.4 Å². The highest BCUT2D eigenvalue weighted by molar-refractivity contribution is 6.33. The molecule has 0 saturated carbocycles. The summed E-state index contributed by atoms with van der Waals surface area (Å²) < 4.78 is 0. The number of nitrogens with one attached hydrogen (secondary N) is 1. The Morgan fingerprint density at radius 3 is 3.00 bits per heavy atom. The van der Waals surface area contributed by atoms with Gasteiger partial charge >= 0.3 is 0 Å². The third-order valence-electron chi connectivity index (χ3n) is 2.80. The predicted molar refractivity (Wildman–Crippen MR) is 65.4 cm³/mol. The molecule has 3 nitrogen and oxygen atoms in total. The number of halogens is 1. The van der Waals surface area contributed by atoms with E-state index in [-0.39, 0.29) is 0 Å². The summed E-state index contributed by atoms with van der Waals surface area (Å²) in [5.41, 5.74) is 7.48. The molecular weight excluding hydrogens is 210 g/mol. The van der Waals surface area contributed by atoms with Crippen LogP contribution in [0.3, 0.4) is 0 Å². The van der Waals surface area contributed by atoms with Crippen LogP contribution in [0.15, 0.2) is 18.2 Å². The van der Waals surface area contributed by atoms with Crippen LogP contribution in [-0.4, -0.2) is 31.1 Å². The molecule has 15 heavy (non-hydrogen) atoms. The number of rotatable bonds is 2. The van der Waals surface area contributed by atoms with Crippen LogP contribution >= 0.6 is 11.6 Å². The summed E-state index contributed by atoms with van der Waals surface area (Å²) in [6.07, 6.45) is 1.16. The standard InChI is InChI=1S/C11H16ClN3/c1-15-6-5-8(7-15)14-10-4-2-3-9(12)11(10)13/h2-4,8,14H,5-7,13H2,1H3. The lowest BCUT2D eigenvalue weighted by Gasteiger charge is -2.16. The van der Waals surface area contributed by atoms with Crippen LogP contribution in [0.5, 0.6) is 0 Å². The van der Waals surface area contributed by atoms with E-state index in [9.17, 15) is 0 Å². The van der Waals surface area contributed by atoms with Crippen LogP contribution < -0.4 is 11.1 Å². The normalized spacial score (nSPS) is 21.9. The average Bonchev–Trinajstić information content (AvgIpc) is 2.59. The number of nitrogen functional groups attached to an aromatic ring is 1. The SMILES string of the molecule is CN1CCC(Nc2cccc(Cl)c2N)C1. The Bertz CT molecular complexity index is 354. The van der Waals surface area contributed by atoms with Crippen molar-refractivity contribution in [3.05, 3.63) is 23.2 Å². The van der Waals surface area contributed by atoms with Crippen molar-refractivity contribution >= 4 is 23.0 Å². The van der Waals surface area contributed by atoms with Gasteiger partial charge < -0.3 is 16.0 Å². The van der Waals surface area contributed by atoms with Crippen molar-refractivity contribution in [1.29, 1.82) is 0 Å². The molecule has 82 valence electrons. The second-order valence-electron chi connectivity index (χ2n) is 4.09. The lowest BCUT2D eigenvalue weighted by molar-refractivity contribution is 0.414. The molecule has 4 heteroatoms. The van der Waals surface area contributed by atoms with Gasteiger partial charge in [0.05, 0.1) is 16.4 Å². The van der Waals surface area contributed by atoms with Gasteiger partial charge in [0, 0.05) is 12.6 Å². The number of likely N-dealkylation sites (tertiary alicyclic amines) is 1. The lowest BCUT2D eigenvalue weighted by atomic mass is 10.2. The number of hydrogen-bond acceptors (Lipinski definition) is 3. The fraction of sp³-hybridized carbons (Fsp3) is 0.455. The van der Waals surface area contributed by atoms with Crippen molar-refractivity contribution < 1.29 is 0 Å². The molecule has 1 aromatic rings. The minimum absolute atomic E-state index is 0.482. The maximum Gasteiger partial charge on any atom is 0.0739 e. The van der Waals surface area contributed by atoms with Gasteiger partial charge in [0.2, 0.25) is 0 Å². The molecule has 0 spiro atoms. The first-order chi connectivity index (χ1) is 7.16. The summed E-state index contributed by atoms with van der Waals surface area (Å²) in [7, 11) is 2.13. The van der Waals surface area contributed by atoms with Crippen molar-refractivity contribution in [3.8, 4) is 0 Å². The summed E-state index contributed by atoms with van der Waals surface area (Å²) in [4.78, 5) is 2.30. The highest BCUT2D eigenvalue weighted by atomic mass is 35.5. The van der Waals surface area contributed by atoms with Crippen LogP contribution in [0, 0.1) is 0 Å². The van der Waals surface area contributed by atoms with E-state index in [1.807, 2.05) is 18.2 Å². The van der Waals surface area contributed by atoms with E-state index in [2.05, 4.69) is 17.3 Å². The summed E-state index contributed by atoms with van der Waals surface area (Å²) in [5, 5.41) is 4.05. The van der Waals surface area contributed by atoms with E-state index >= 15 is 0 Å². The van der Waals surface area contributed by atoms with E-state index < -0.39 is 0 Å². The van der Waals surface area contributed by atoms with E-state index in [0.717, 1.165) is 25.2 Å². The maximum atomic E-state index is 5.95. The van der Waals surface area contributed by atoms with E-state index in [0.29, 0.717) is 16.8 Å². The Hall–Kier alpha value is -0.930. The van der Waals surface area contributed by atoms with Crippen molar-refractivity contribution in [3.63, 3.8) is 0 Å². The monoisotopic (exact) mass is 225 g/mol. The summed E-state index contributed by atoms with van der Waals surface area (Å²) >= 11 is 5.95. The summed E-state index contributed by atoms with van der Waals surface area (Å²) in [5.74, 6) is 0. The van der Waals surface area contributed by atoms with Crippen LogP contribution in [0.2, 0.25) is 5.02 Å². The fourth-order valence-corrected chi connectivity index (χ4v) is 2.11. The highest BCUT2D eigenvalue weighted by Crippen LogP contribution is 2.28. The Morgan fingerprint density at radius 2 is 2.33 bits per heavy atom. The number of anilines is 2. The minimum Gasteiger partial charge on any atom is -0.396 e. The summed E-state index contributed by atoms with van der Waals surface area (Å²) in [6.45, 7) is 2.20.